The van der Waals surface area contributed by atoms with Gasteiger partial charge in [0.2, 0.25) is 0 Å². The molecule has 0 amide bonds. The summed E-state index contributed by atoms with van der Waals surface area (Å²) in [6.45, 7) is 11.0. The summed E-state index contributed by atoms with van der Waals surface area (Å²) >= 11 is 0. The second-order valence-electron chi connectivity index (χ2n) is 5.93. The maximum atomic E-state index is 11.1. The van der Waals surface area contributed by atoms with Crippen LogP contribution in [0.25, 0.3) is 0 Å². The van der Waals surface area contributed by atoms with Crippen molar-refractivity contribution in [2.24, 2.45) is 0 Å². The molecule has 0 bridgehead atoms. The predicted molar refractivity (Wildman–Crippen MR) is 113 cm³/mol. The van der Waals surface area contributed by atoms with Crippen molar-refractivity contribution >= 4 is 30.5 Å². The van der Waals surface area contributed by atoms with Crippen LogP contribution in [0.2, 0.25) is 12.1 Å². The van der Waals surface area contributed by atoms with Crippen LogP contribution in [0.3, 0.4) is 0 Å². The molecular formula is C18H36O8Si2. The lowest BCUT2D eigenvalue weighted by atomic mass is 10.4. The first-order valence-electron chi connectivity index (χ1n) is 8.99. The molecule has 0 aliphatic rings. The number of rotatable bonds is 14. The highest BCUT2D eigenvalue weighted by Gasteiger charge is 2.36. The first kappa shape index (κ1) is 28.9. The van der Waals surface area contributed by atoms with E-state index in [9.17, 15) is 9.59 Å². The topological polar surface area (TPSA) is 89.5 Å². The summed E-state index contributed by atoms with van der Waals surface area (Å²) in [6.07, 6.45) is 1.54. The smallest absolute Gasteiger partial charge is 0.462 e. The molecule has 28 heavy (non-hydrogen) atoms. The monoisotopic (exact) mass is 436 g/mol. The Morgan fingerprint density at radius 1 is 0.821 bits per heavy atom. The van der Waals surface area contributed by atoms with Crippen molar-refractivity contribution in [3.05, 3.63) is 24.3 Å². The zero-order valence-corrected chi connectivity index (χ0v) is 20.5. The van der Waals surface area contributed by atoms with Crippen LogP contribution >= 0.6 is 0 Å². The van der Waals surface area contributed by atoms with E-state index < -0.39 is 8.80 Å². The zero-order chi connectivity index (χ0) is 22.0. The van der Waals surface area contributed by atoms with Crippen LogP contribution in [0.1, 0.15) is 26.7 Å². The Morgan fingerprint density at radius 3 is 1.61 bits per heavy atom. The highest BCUT2D eigenvalue weighted by Crippen LogP contribution is 2.14. The molecule has 0 spiro atoms. The Labute approximate surface area is 172 Å². The maximum absolute atomic E-state index is 11.1. The molecule has 0 aromatic carbocycles. The third kappa shape index (κ3) is 14.7. The van der Waals surface area contributed by atoms with Crippen molar-refractivity contribution in [2.45, 2.75) is 38.8 Å². The Balaban J connectivity index is 0. The number of esters is 2. The van der Waals surface area contributed by atoms with Crippen LogP contribution < -0.4 is 0 Å². The summed E-state index contributed by atoms with van der Waals surface area (Å²) in [5.41, 5.74) is 0.854. The molecule has 0 aliphatic carbocycles. The van der Waals surface area contributed by atoms with Gasteiger partial charge in [-0.2, -0.15) is 0 Å². The van der Waals surface area contributed by atoms with Crippen molar-refractivity contribution in [2.75, 3.05) is 41.7 Å². The zero-order valence-electron chi connectivity index (χ0n) is 18.1. The SMILES string of the molecule is C=C(C)C(=O)OCCC[SiH2]OC.C=C(C)C(=O)OCCC[Si](OC)(OC)OC. The lowest BCUT2D eigenvalue weighted by Crippen LogP contribution is -2.42. The van der Waals surface area contributed by atoms with Gasteiger partial charge in [0.05, 0.1) is 13.2 Å². The molecule has 0 atom stereocenters. The fourth-order valence-corrected chi connectivity index (χ4v) is 4.16. The molecule has 8 nitrogen and oxygen atoms in total. The lowest BCUT2D eigenvalue weighted by Gasteiger charge is -2.24. The molecule has 0 aromatic rings. The summed E-state index contributed by atoms with van der Waals surface area (Å²) < 4.78 is 30.5. The molecule has 0 unspecified atom stereocenters. The Kier molecular flexibility index (Phi) is 18.3. The Hall–Kier alpha value is -1.31. The first-order valence-corrected chi connectivity index (χ1v) is 12.5. The van der Waals surface area contributed by atoms with E-state index in [-0.39, 0.29) is 21.7 Å². The highest BCUT2D eigenvalue weighted by molar-refractivity contribution is 6.60. The summed E-state index contributed by atoms with van der Waals surface area (Å²) in [4.78, 5) is 21.9. The van der Waals surface area contributed by atoms with Gasteiger partial charge in [0.25, 0.3) is 0 Å². The van der Waals surface area contributed by atoms with E-state index >= 15 is 0 Å². The van der Waals surface area contributed by atoms with Crippen molar-refractivity contribution in [3.63, 3.8) is 0 Å². The minimum atomic E-state index is -2.53. The van der Waals surface area contributed by atoms with Crippen LogP contribution in [0.15, 0.2) is 24.3 Å². The molecule has 0 fully saturated rings. The summed E-state index contributed by atoms with van der Waals surface area (Å²) in [5.74, 6) is -0.673. The first-order chi connectivity index (χ1) is 13.2. The fourth-order valence-electron chi connectivity index (χ4n) is 1.77. The third-order valence-electron chi connectivity index (χ3n) is 3.47. The molecule has 0 aromatic heterocycles. The largest absolute Gasteiger partial charge is 0.500 e. The Bertz CT molecular complexity index is 470. The van der Waals surface area contributed by atoms with Gasteiger partial charge in [-0.15, -0.1) is 0 Å². The normalized spacial score (nSPS) is 10.9. The lowest BCUT2D eigenvalue weighted by molar-refractivity contribution is -0.139. The molecular weight excluding hydrogens is 400 g/mol. The molecule has 0 aliphatic heterocycles. The maximum Gasteiger partial charge on any atom is 0.500 e. The van der Waals surface area contributed by atoms with E-state index in [1.807, 2.05) is 0 Å². The summed E-state index contributed by atoms with van der Waals surface area (Å²) in [7, 11) is 3.49. The van der Waals surface area contributed by atoms with E-state index in [1.165, 1.54) is 0 Å². The van der Waals surface area contributed by atoms with Crippen LogP contribution in [0, 0.1) is 0 Å². The molecule has 10 heteroatoms. The molecule has 0 heterocycles. The van der Waals surface area contributed by atoms with Gasteiger partial charge in [-0.1, -0.05) is 13.2 Å². The van der Waals surface area contributed by atoms with E-state index in [1.54, 1.807) is 42.3 Å². The number of carbonyl (C=O) groups is 2. The number of carbonyl (C=O) groups excluding carboxylic acids is 2. The van der Waals surface area contributed by atoms with Crippen LogP contribution in [-0.2, 0) is 36.8 Å². The predicted octanol–water partition coefficient (Wildman–Crippen LogP) is 2.02. The number of hydrogen-bond donors (Lipinski definition) is 0. The van der Waals surface area contributed by atoms with Gasteiger partial charge in [0, 0.05) is 45.6 Å². The van der Waals surface area contributed by atoms with E-state index in [0.29, 0.717) is 36.8 Å². The Morgan fingerprint density at radius 2 is 1.25 bits per heavy atom. The summed E-state index contributed by atoms with van der Waals surface area (Å²) in [6, 6.07) is 1.67. The van der Waals surface area contributed by atoms with Gasteiger partial charge in [0.15, 0.2) is 9.76 Å². The van der Waals surface area contributed by atoms with Crippen LogP contribution in [0.5, 0.6) is 0 Å². The molecule has 0 N–H and O–H groups in total. The second kappa shape index (κ2) is 17.8. The van der Waals surface area contributed by atoms with Gasteiger partial charge in [-0.05, 0) is 32.7 Å². The number of hydrogen-bond acceptors (Lipinski definition) is 8. The van der Waals surface area contributed by atoms with Crippen molar-refractivity contribution in [1.29, 1.82) is 0 Å². The number of ether oxygens (including phenoxy) is 2. The quantitative estimate of drug-likeness (QED) is 0.177. The molecule has 0 rings (SSSR count). The third-order valence-corrected chi connectivity index (χ3v) is 7.50. The fraction of sp³-hybridized carbons (Fsp3) is 0.667. The van der Waals surface area contributed by atoms with Gasteiger partial charge >= 0.3 is 20.7 Å². The molecule has 0 saturated heterocycles. The minimum absolute atomic E-state index is 0.297. The van der Waals surface area contributed by atoms with E-state index in [4.69, 9.17) is 27.2 Å². The van der Waals surface area contributed by atoms with Crippen molar-refractivity contribution in [3.8, 4) is 0 Å². The van der Waals surface area contributed by atoms with Crippen LogP contribution in [0.4, 0.5) is 0 Å². The molecule has 164 valence electrons. The van der Waals surface area contributed by atoms with Crippen LogP contribution in [-0.4, -0.2) is 72.2 Å². The average Bonchev–Trinajstić information content (AvgIpc) is 2.68. The summed E-state index contributed by atoms with van der Waals surface area (Å²) in [5, 5.41) is 0. The van der Waals surface area contributed by atoms with Crippen molar-refractivity contribution in [1.82, 2.24) is 0 Å². The minimum Gasteiger partial charge on any atom is -0.462 e. The highest BCUT2D eigenvalue weighted by atomic mass is 28.4. The van der Waals surface area contributed by atoms with Gasteiger partial charge in [-0.3, -0.25) is 0 Å². The van der Waals surface area contributed by atoms with Gasteiger partial charge in [-0.25, -0.2) is 9.59 Å². The standard InChI is InChI=1S/C10H20O5Si.C8H16O3Si/c1-9(2)10(11)15-7-6-8-16(12-3,13-4)14-5;1-7(2)8(9)11-5-4-6-12-10-3/h1,6-8H2,2-5H3;1,4-6,12H2,2-3H3. The second-order valence-corrected chi connectivity index (χ2v) is 10.7. The average molecular weight is 437 g/mol. The van der Waals surface area contributed by atoms with Gasteiger partial charge in [0.1, 0.15) is 0 Å². The van der Waals surface area contributed by atoms with Crippen molar-refractivity contribution < 1.29 is 36.8 Å². The molecule has 0 saturated carbocycles. The van der Waals surface area contributed by atoms with E-state index in [2.05, 4.69) is 13.2 Å². The van der Waals surface area contributed by atoms with E-state index in [0.717, 1.165) is 12.5 Å². The molecule has 0 radical (unpaired) electrons. The van der Waals surface area contributed by atoms with Gasteiger partial charge < -0.3 is 27.2 Å².